The Bertz CT molecular complexity index is 334. The van der Waals surface area contributed by atoms with Crippen molar-refractivity contribution in [3.8, 4) is 0 Å². The lowest BCUT2D eigenvalue weighted by atomic mass is 10.5. The Hall–Kier alpha value is -1.43. The molecule has 0 atom stereocenters. The summed E-state index contributed by atoms with van der Waals surface area (Å²) in [6.45, 7) is 1.97. The van der Waals surface area contributed by atoms with Crippen LogP contribution in [0.25, 0.3) is 0 Å². The zero-order valence-electron chi connectivity index (χ0n) is 6.94. The van der Waals surface area contributed by atoms with Gasteiger partial charge in [-0.3, -0.25) is 4.79 Å². The van der Waals surface area contributed by atoms with Gasteiger partial charge in [0.05, 0.1) is 6.61 Å². The third-order valence-corrected chi connectivity index (χ3v) is 2.06. The number of carbonyl (C=O) groups excluding carboxylic acids is 2. The second kappa shape index (κ2) is 3.99. The van der Waals surface area contributed by atoms with Gasteiger partial charge >= 0.3 is 5.97 Å². The van der Waals surface area contributed by atoms with E-state index in [2.05, 4.69) is 9.72 Å². The topological polar surface area (TPSA) is 82.3 Å². The molecule has 2 N–H and O–H groups in total. The molecule has 70 valence electrons. The summed E-state index contributed by atoms with van der Waals surface area (Å²) in [7, 11) is 0. The maximum absolute atomic E-state index is 11.1. The lowest BCUT2D eigenvalue weighted by molar-refractivity contribution is 0.0520. The molecule has 0 saturated carbocycles. The van der Waals surface area contributed by atoms with Gasteiger partial charge < -0.3 is 10.5 Å². The first-order valence-corrected chi connectivity index (χ1v) is 4.45. The summed E-state index contributed by atoms with van der Waals surface area (Å²) in [5.41, 5.74) is 5.08. The van der Waals surface area contributed by atoms with Gasteiger partial charge in [0.15, 0.2) is 10.7 Å². The van der Waals surface area contributed by atoms with Crippen molar-refractivity contribution in [2.45, 2.75) is 6.92 Å². The third-order valence-electron chi connectivity index (χ3n) is 1.20. The van der Waals surface area contributed by atoms with Gasteiger partial charge in [-0.25, -0.2) is 9.78 Å². The van der Waals surface area contributed by atoms with Gasteiger partial charge in [-0.2, -0.15) is 0 Å². The molecule has 5 nitrogen and oxygen atoms in total. The first-order chi connectivity index (χ1) is 6.15. The molecule has 0 aliphatic carbocycles. The number of esters is 1. The lowest BCUT2D eigenvalue weighted by Gasteiger charge is -1.95. The van der Waals surface area contributed by atoms with E-state index < -0.39 is 11.9 Å². The zero-order valence-corrected chi connectivity index (χ0v) is 7.76. The first-order valence-electron chi connectivity index (χ1n) is 3.57. The predicted molar refractivity (Wildman–Crippen MR) is 46.6 cm³/mol. The molecule has 1 amide bonds. The van der Waals surface area contributed by atoms with E-state index in [1.54, 1.807) is 6.92 Å². The summed E-state index contributed by atoms with van der Waals surface area (Å²) in [6, 6.07) is 0. The fraction of sp³-hybridized carbons (Fsp3) is 0.286. The molecule has 13 heavy (non-hydrogen) atoms. The molecule has 0 aliphatic heterocycles. The van der Waals surface area contributed by atoms with Crippen molar-refractivity contribution in [3.63, 3.8) is 0 Å². The summed E-state index contributed by atoms with van der Waals surface area (Å²) in [6.07, 6.45) is 0. The lowest BCUT2D eigenvalue weighted by Crippen LogP contribution is -2.11. The molecule has 0 bridgehead atoms. The SMILES string of the molecule is CCOC(=O)c1csc(C(N)=O)n1. The second-order valence-electron chi connectivity index (χ2n) is 2.12. The number of hydrogen-bond donors (Lipinski definition) is 1. The van der Waals surface area contributed by atoms with E-state index in [0.717, 1.165) is 11.3 Å². The predicted octanol–water partition coefficient (Wildman–Crippen LogP) is 0.419. The number of rotatable bonds is 3. The molecule has 1 aromatic heterocycles. The van der Waals surface area contributed by atoms with Crippen LogP contribution in [0.3, 0.4) is 0 Å². The van der Waals surface area contributed by atoms with Crippen molar-refractivity contribution >= 4 is 23.2 Å². The van der Waals surface area contributed by atoms with E-state index in [4.69, 9.17) is 5.73 Å². The smallest absolute Gasteiger partial charge is 0.357 e. The maximum atomic E-state index is 11.1. The molecule has 0 saturated heterocycles. The van der Waals surface area contributed by atoms with Crippen LogP contribution < -0.4 is 5.73 Å². The van der Waals surface area contributed by atoms with Crippen LogP contribution in [-0.4, -0.2) is 23.5 Å². The molecular weight excluding hydrogens is 192 g/mol. The summed E-state index contributed by atoms with van der Waals surface area (Å²) >= 11 is 1.03. The number of carbonyl (C=O) groups is 2. The Morgan fingerprint density at radius 2 is 2.38 bits per heavy atom. The standard InChI is InChI=1S/C7H8N2O3S/c1-2-12-7(11)4-3-13-6(9-4)5(8)10/h3H,2H2,1H3,(H2,8,10). The average Bonchev–Trinajstić information content (AvgIpc) is 2.52. The summed E-state index contributed by atoms with van der Waals surface area (Å²) in [5, 5.41) is 1.56. The molecule has 0 fully saturated rings. The van der Waals surface area contributed by atoms with E-state index in [1.165, 1.54) is 5.38 Å². The molecule has 0 spiro atoms. The van der Waals surface area contributed by atoms with E-state index in [-0.39, 0.29) is 17.3 Å². The molecule has 1 heterocycles. The Morgan fingerprint density at radius 3 is 2.85 bits per heavy atom. The highest BCUT2D eigenvalue weighted by atomic mass is 32.1. The van der Waals surface area contributed by atoms with Gasteiger partial charge in [0.2, 0.25) is 0 Å². The molecule has 0 unspecified atom stereocenters. The van der Waals surface area contributed by atoms with Crippen molar-refractivity contribution < 1.29 is 14.3 Å². The molecule has 6 heteroatoms. The fourth-order valence-corrected chi connectivity index (χ4v) is 1.33. The number of nitrogens with zero attached hydrogens (tertiary/aromatic N) is 1. The molecular formula is C7H8N2O3S. The van der Waals surface area contributed by atoms with Crippen LogP contribution in [-0.2, 0) is 4.74 Å². The highest BCUT2D eigenvalue weighted by Gasteiger charge is 2.13. The summed E-state index contributed by atoms with van der Waals surface area (Å²) in [5.74, 6) is -1.17. The molecule has 1 rings (SSSR count). The monoisotopic (exact) mass is 200 g/mol. The number of thiazole rings is 1. The number of primary amides is 1. The Morgan fingerprint density at radius 1 is 1.69 bits per heavy atom. The Kier molecular flexibility index (Phi) is 2.97. The highest BCUT2D eigenvalue weighted by molar-refractivity contribution is 7.11. The number of nitrogens with two attached hydrogens (primary N) is 1. The number of amides is 1. The summed E-state index contributed by atoms with van der Waals surface area (Å²) in [4.78, 5) is 25.4. The number of hydrogen-bond acceptors (Lipinski definition) is 5. The third kappa shape index (κ3) is 2.25. The van der Waals surface area contributed by atoms with Crippen LogP contribution >= 0.6 is 11.3 Å². The minimum Gasteiger partial charge on any atom is -0.461 e. The number of ether oxygens (including phenoxy) is 1. The van der Waals surface area contributed by atoms with Gasteiger partial charge in [0.25, 0.3) is 5.91 Å². The van der Waals surface area contributed by atoms with E-state index >= 15 is 0 Å². The average molecular weight is 200 g/mol. The minimum atomic E-state index is -0.638. The van der Waals surface area contributed by atoms with Gasteiger partial charge in [0, 0.05) is 5.38 Å². The molecule has 0 aromatic carbocycles. The Labute approximate surface area is 78.5 Å². The molecule has 0 aliphatic rings. The van der Waals surface area contributed by atoms with Crippen molar-refractivity contribution in [1.82, 2.24) is 4.98 Å². The van der Waals surface area contributed by atoms with Crippen molar-refractivity contribution in [2.75, 3.05) is 6.61 Å². The van der Waals surface area contributed by atoms with Crippen LogP contribution in [0.4, 0.5) is 0 Å². The van der Waals surface area contributed by atoms with Crippen LogP contribution in [0.5, 0.6) is 0 Å². The van der Waals surface area contributed by atoms with Crippen molar-refractivity contribution in [3.05, 3.63) is 16.1 Å². The fourth-order valence-electron chi connectivity index (χ4n) is 0.686. The van der Waals surface area contributed by atoms with Crippen molar-refractivity contribution in [2.24, 2.45) is 5.73 Å². The van der Waals surface area contributed by atoms with Crippen LogP contribution in [0.1, 0.15) is 27.2 Å². The quantitative estimate of drug-likeness (QED) is 0.717. The molecule has 1 aromatic rings. The van der Waals surface area contributed by atoms with E-state index in [9.17, 15) is 9.59 Å². The van der Waals surface area contributed by atoms with Crippen molar-refractivity contribution in [1.29, 1.82) is 0 Å². The Balaban J connectivity index is 2.79. The maximum Gasteiger partial charge on any atom is 0.357 e. The highest BCUT2D eigenvalue weighted by Crippen LogP contribution is 2.09. The first kappa shape index (κ1) is 9.66. The van der Waals surface area contributed by atoms with Gasteiger partial charge in [-0.15, -0.1) is 11.3 Å². The van der Waals surface area contributed by atoms with Crippen LogP contribution in [0, 0.1) is 0 Å². The molecule has 0 radical (unpaired) electrons. The normalized spacial score (nSPS) is 9.62. The van der Waals surface area contributed by atoms with Gasteiger partial charge in [0.1, 0.15) is 0 Å². The van der Waals surface area contributed by atoms with Crippen LogP contribution in [0.2, 0.25) is 0 Å². The zero-order chi connectivity index (χ0) is 9.84. The second-order valence-corrected chi connectivity index (χ2v) is 2.98. The van der Waals surface area contributed by atoms with E-state index in [0.29, 0.717) is 0 Å². The largest absolute Gasteiger partial charge is 0.461 e. The summed E-state index contributed by atoms with van der Waals surface area (Å²) < 4.78 is 4.67. The van der Waals surface area contributed by atoms with E-state index in [1.807, 2.05) is 0 Å². The van der Waals surface area contributed by atoms with Crippen LogP contribution in [0.15, 0.2) is 5.38 Å². The minimum absolute atomic E-state index is 0.114. The number of aromatic nitrogens is 1. The van der Waals surface area contributed by atoms with Gasteiger partial charge in [-0.05, 0) is 6.92 Å². The van der Waals surface area contributed by atoms with Gasteiger partial charge in [-0.1, -0.05) is 0 Å².